The van der Waals surface area contributed by atoms with E-state index < -0.39 is 16.1 Å². The van der Waals surface area contributed by atoms with Crippen LogP contribution in [0.3, 0.4) is 0 Å². The van der Waals surface area contributed by atoms with Crippen LogP contribution in [-0.4, -0.2) is 27.0 Å². The number of hydrogen-bond donors (Lipinski definition) is 2. The van der Waals surface area contributed by atoms with Crippen molar-refractivity contribution < 1.29 is 17.9 Å². The van der Waals surface area contributed by atoms with Crippen molar-refractivity contribution in [2.24, 2.45) is 5.14 Å². The first-order valence-electron chi connectivity index (χ1n) is 5.83. The molecular weight excluding hydrogens is 268 g/mol. The molecule has 0 spiro atoms. The van der Waals surface area contributed by atoms with Crippen LogP contribution in [0.2, 0.25) is 0 Å². The van der Waals surface area contributed by atoms with Gasteiger partial charge in [-0.25, -0.2) is 13.6 Å². The van der Waals surface area contributed by atoms with E-state index in [1.54, 1.807) is 13.8 Å². The third-order valence-corrected chi connectivity index (χ3v) is 3.56. The Bertz CT molecular complexity index is 569. The molecule has 0 saturated carbocycles. The highest BCUT2D eigenvalue weighted by Gasteiger charge is 2.16. The Balaban J connectivity index is 2.88. The number of amides is 1. The van der Waals surface area contributed by atoms with E-state index >= 15 is 0 Å². The summed E-state index contributed by atoms with van der Waals surface area (Å²) in [5, 5.41) is 7.70. The minimum Gasteiger partial charge on any atom is -0.481 e. The monoisotopic (exact) mass is 286 g/mol. The fourth-order valence-corrected chi connectivity index (χ4v) is 2.36. The van der Waals surface area contributed by atoms with Gasteiger partial charge in [0.2, 0.25) is 10.0 Å². The maximum Gasteiger partial charge on any atom is 0.260 e. The molecule has 0 bridgehead atoms. The van der Waals surface area contributed by atoms with E-state index in [1.165, 1.54) is 18.2 Å². The molecule has 106 valence electrons. The van der Waals surface area contributed by atoms with Gasteiger partial charge in [-0.15, -0.1) is 0 Å². The number of primary sulfonamides is 1. The number of rotatable bonds is 5. The molecule has 0 radical (unpaired) electrons. The van der Waals surface area contributed by atoms with Gasteiger partial charge in [0.15, 0.2) is 6.10 Å². The largest absolute Gasteiger partial charge is 0.481 e. The average molecular weight is 286 g/mol. The number of carbonyl (C=O) groups is 1. The highest BCUT2D eigenvalue weighted by Crippen LogP contribution is 2.21. The van der Waals surface area contributed by atoms with Crippen molar-refractivity contribution in [3.63, 3.8) is 0 Å². The van der Waals surface area contributed by atoms with Crippen LogP contribution in [0.15, 0.2) is 23.1 Å². The van der Waals surface area contributed by atoms with E-state index in [2.05, 4.69) is 5.32 Å². The summed E-state index contributed by atoms with van der Waals surface area (Å²) in [6.07, 6.45) is -0.653. The molecule has 0 aliphatic heterocycles. The zero-order valence-corrected chi connectivity index (χ0v) is 12.0. The number of sulfonamides is 1. The van der Waals surface area contributed by atoms with Crippen LogP contribution in [-0.2, 0) is 14.8 Å². The SMILES string of the molecule is CCNC(=O)C(C)Oc1ccc(S(N)(=O)=O)c(C)c1. The Hall–Kier alpha value is -1.60. The van der Waals surface area contributed by atoms with Crippen LogP contribution in [0, 0.1) is 6.92 Å². The van der Waals surface area contributed by atoms with E-state index in [-0.39, 0.29) is 10.8 Å². The van der Waals surface area contributed by atoms with Crippen molar-refractivity contribution in [3.8, 4) is 5.75 Å². The lowest BCUT2D eigenvalue weighted by Crippen LogP contribution is -2.36. The van der Waals surface area contributed by atoms with E-state index in [0.29, 0.717) is 17.9 Å². The minimum atomic E-state index is -3.74. The molecule has 0 fully saturated rings. The Morgan fingerprint density at radius 1 is 1.47 bits per heavy atom. The molecule has 0 heterocycles. The van der Waals surface area contributed by atoms with Crippen molar-refractivity contribution >= 4 is 15.9 Å². The lowest BCUT2D eigenvalue weighted by molar-refractivity contribution is -0.127. The third kappa shape index (κ3) is 4.22. The summed E-state index contributed by atoms with van der Waals surface area (Å²) in [6, 6.07) is 4.38. The highest BCUT2D eigenvalue weighted by molar-refractivity contribution is 7.89. The van der Waals surface area contributed by atoms with Crippen molar-refractivity contribution in [2.75, 3.05) is 6.54 Å². The summed E-state index contributed by atoms with van der Waals surface area (Å²) >= 11 is 0. The number of carbonyl (C=O) groups excluding carboxylic acids is 1. The molecule has 19 heavy (non-hydrogen) atoms. The van der Waals surface area contributed by atoms with Gasteiger partial charge >= 0.3 is 0 Å². The molecular formula is C12H18N2O4S. The number of ether oxygens (including phenoxy) is 1. The summed E-state index contributed by atoms with van der Waals surface area (Å²) in [4.78, 5) is 11.6. The Morgan fingerprint density at radius 3 is 2.58 bits per heavy atom. The van der Waals surface area contributed by atoms with Crippen LogP contribution in [0.4, 0.5) is 0 Å². The molecule has 0 aromatic heterocycles. The molecule has 0 aliphatic carbocycles. The van der Waals surface area contributed by atoms with Gasteiger partial charge in [0, 0.05) is 6.54 Å². The number of hydrogen-bond acceptors (Lipinski definition) is 4. The predicted molar refractivity (Wildman–Crippen MR) is 71.3 cm³/mol. The van der Waals surface area contributed by atoms with Gasteiger partial charge in [0.25, 0.3) is 5.91 Å². The highest BCUT2D eigenvalue weighted by atomic mass is 32.2. The zero-order valence-electron chi connectivity index (χ0n) is 11.1. The number of aryl methyl sites for hydroxylation is 1. The van der Waals surface area contributed by atoms with Gasteiger partial charge in [-0.3, -0.25) is 4.79 Å². The van der Waals surface area contributed by atoms with Crippen LogP contribution < -0.4 is 15.2 Å². The molecule has 1 amide bonds. The van der Waals surface area contributed by atoms with Gasteiger partial charge in [-0.1, -0.05) is 0 Å². The summed E-state index contributed by atoms with van der Waals surface area (Å²) in [7, 11) is -3.74. The second-order valence-corrected chi connectivity index (χ2v) is 5.66. The van der Waals surface area contributed by atoms with Gasteiger partial charge in [0.05, 0.1) is 4.90 Å². The van der Waals surface area contributed by atoms with Crippen molar-refractivity contribution in [2.45, 2.75) is 31.8 Å². The molecule has 6 nitrogen and oxygen atoms in total. The van der Waals surface area contributed by atoms with Crippen molar-refractivity contribution in [3.05, 3.63) is 23.8 Å². The van der Waals surface area contributed by atoms with E-state index in [1.807, 2.05) is 6.92 Å². The normalized spacial score (nSPS) is 12.8. The van der Waals surface area contributed by atoms with Gasteiger partial charge in [-0.2, -0.15) is 0 Å². The summed E-state index contributed by atoms with van der Waals surface area (Å²) in [5.41, 5.74) is 0.475. The quantitative estimate of drug-likeness (QED) is 0.825. The molecule has 1 atom stereocenters. The van der Waals surface area contributed by atoms with Gasteiger partial charge < -0.3 is 10.1 Å². The standard InChI is InChI=1S/C12H18N2O4S/c1-4-14-12(15)9(3)18-10-5-6-11(8(2)7-10)19(13,16)17/h5-7,9H,4H2,1-3H3,(H,14,15)(H2,13,16,17). The summed E-state index contributed by atoms with van der Waals surface area (Å²) < 4.78 is 27.9. The molecule has 1 unspecified atom stereocenters. The lowest BCUT2D eigenvalue weighted by Gasteiger charge is -2.15. The van der Waals surface area contributed by atoms with E-state index in [0.717, 1.165) is 0 Å². The zero-order chi connectivity index (χ0) is 14.6. The number of benzene rings is 1. The topological polar surface area (TPSA) is 98.5 Å². The number of nitrogens with one attached hydrogen (secondary N) is 1. The number of nitrogens with two attached hydrogens (primary N) is 1. The summed E-state index contributed by atoms with van der Waals surface area (Å²) in [6.45, 7) is 5.57. The van der Waals surface area contributed by atoms with Gasteiger partial charge in [0.1, 0.15) is 5.75 Å². The molecule has 7 heteroatoms. The smallest absolute Gasteiger partial charge is 0.260 e. The fourth-order valence-electron chi connectivity index (χ4n) is 1.59. The maximum absolute atomic E-state index is 11.5. The van der Waals surface area contributed by atoms with Gasteiger partial charge in [-0.05, 0) is 44.5 Å². The minimum absolute atomic E-state index is 0.0468. The molecule has 0 saturated heterocycles. The van der Waals surface area contributed by atoms with Crippen LogP contribution in [0.1, 0.15) is 19.4 Å². The Labute approximate surface area is 113 Å². The molecule has 1 rings (SSSR count). The Morgan fingerprint density at radius 2 is 2.11 bits per heavy atom. The van der Waals surface area contributed by atoms with Crippen LogP contribution in [0.5, 0.6) is 5.75 Å². The predicted octanol–water partition coefficient (Wildman–Crippen LogP) is 0.546. The molecule has 1 aromatic rings. The maximum atomic E-state index is 11.5. The average Bonchev–Trinajstić information content (AvgIpc) is 2.27. The fraction of sp³-hybridized carbons (Fsp3) is 0.417. The first kappa shape index (κ1) is 15.5. The summed E-state index contributed by atoms with van der Waals surface area (Å²) in [5.74, 6) is 0.194. The van der Waals surface area contributed by atoms with E-state index in [4.69, 9.17) is 9.88 Å². The first-order chi connectivity index (χ1) is 8.75. The third-order valence-electron chi connectivity index (χ3n) is 2.49. The van der Waals surface area contributed by atoms with E-state index in [9.17, 15) is 13.2 Å². The van der Waals surface area contributed by atoms with Crippen molar-refractivity contribution in [1.29, 1.82) is 0 Å². The van der Waals surface area contributed by atoms with Crippen molar-refractivity contribution in [1.82, 2.24) is 5.32 Å². The molecule has 3 N–H and O–H groups in total. The molecule has 0 aliphatic rings. The number of likely N-dealkylation sites (N-methyl/N-ethyl adjacent to an activating group) is 1. The second-order valence-electron chi connectivity index (χ2n) is 4.13. The van der Waals surface area contributed by atoms with Crippen LogP contribution in [0.25, 0.3) is 0 Å². The van der Waals surface area contributed by atoms with Crippen LogP contribution >= 0.6 is 0 Å². The second kappa shape index (κ2) is 6.03. The lowest BCUT2D eigenvalue weighted by atomic mass is 10.2. The Kier molecular flexibility index (Phi) is 4.90. The first-order valence-corrected chi connectivity index (χ1v) is 7.38. The molecule has 1 aromatic carbocycles.